The zero-order chi connectivity index (χ0) is 31.9. The van der Waals surface area contributed by atoms with Crippen molar-refractivity contribution in [3.63, 3.8) is 0 Å². The van der Waals surface area contributed by atoms with Crippen LogP contribution in [0.4, 0.5) is 5.69 Å². The van der Waals surface area contributed by atoms with Crippen LogP contribution in [0, 0.1) is 0 Å². The first-order chi connectivity index (χ1) is 22.5. The number of nitrogens with one attached hydrogen (secondary N) is 2. The summed E-state index contributed by atoms with van der Waals surface area (Å²) in [5.41, 5.74) is 12.1. The minimum Gasteiger partial charge on any atom is -0.488 e. The molecule has 6 rings (SSSR count). The van der Waals surface area contributed by atoms with Crippen molar-refractivity contribution < 1.29 is 14.3 Å². The van der Waals surface area contributed by atoms with Crippen LogP contribution in [-0.4, -0.2) is 67.3 Å². The van der Waals surface area contributed by atoms with E-state index >= 15 is 0 Å². The summed E-state index contributed by atoms with van der Waals surface area (Å²) < 4.78 is 14.8. The number of hydrogen-bond acceptors (Lipinski definition) is 8. The molecule has 4 N–H and O–H groups in total. The molecule has 1 aliphatic carbocycles. The second-order valence-corrected chi connectivity index (χ2v) is 11.8. The summed E-state index contributed by atoms with van der Waals surface area (Å²) in [6.45, 7) is 5.15. The zero-order valence-corrected chi connectivity index (χ0v) is 26.6. The van der Waals surface area contributed by atoms with Crippen molar-refractivity contribution >= 4 is 22.4 Å². The van der Waals surface area contributed by atoms with E-state index in [9.17, 15) is 4.79 Å². The molecule has 5 aromatic rings. The van der Waals surface area contributed by atoms with E-state index in [0.29, 0.717) is 61.0 Å². The van der Waals surface area contributed by atoms with Gasteiger partial charge in [-0.05, 0) is 62.5 Å². The maximum absolute atomic E-state index is 14.8. The average molecular weight is 619 g/mol. The fourth-order valence-corrected chi connectivity index (χ4v) is 5.82. The Balaban J connectivity index is 1.43. The number of hydrogen-bond donors (Lipinski definition) is 3. The lowest BCUT2D eigenvalue weighted by Crippen LogP contribution is -2.30. The van der Waals surface area contributed by atoms with E-state index in [1.807, 2.05) is 89.6 Å². The van der Waals surface area contributed by atoms with Crippen LogP contribution in [0.1, 0.15) is 33.5 Å². The largest absolute Gasteiger partial charge is 0.488 e. The standard InChI is InChI=1S/C37H42N6O3/c1-42(2)23-21-39-19-20-40-28-14-15-29-33-32(28)37(44)35-31(46-25-27-12-7-4-8-13-27)17-16-30(45-24-26-10-5-3-6-11-26)34(35)36(33)41-43(29)22-9-18-38/h3-8,10-17,39-40H,9,18-25,38H2,1-2H3. The summed E-state index contributed by atoms with van der Waals surface area (Å²) in [5.74, 6) is 0.993. The van der Waals surface area contributed by atoms with Gasteiger partial charge in [0.25, 0.3) is 0 Å². The van der Waals surface area contributed by atoms with E-state index in [0.717, 1.165) is 59.5 Å². The minimum absolute atomic E-state index is 0.109. The molecule has 0 saturated carbocycles. The lowest BCUT2D eigenvalue weighted by Gasteiger charge is -2.23. The van der Waals surface area contributed by atoms with Gasteiger partial charge in [-0.1, -0.05) is 60.7 Å². The van der Waals surface area contributed by atoms with Gasteiger partial charge in [-0.15, -0.1) is 0 Å². The topological polar surface area (TPSA) is 107 Å². The lowest BCUT2D eigenvalue weighted by molar-refractivity contribution is 0.103. The third-order valence-electron chi connectivity index (χ3n) is 8.14. The fourth-order valence-electron chi connectivity index (χ4n) is 5.82. The van der Waals surface area contributed by atoms with Gasteiger partial charge in [0.2, 0.25) is 0 Å². The first-order valence-electron chi connectivity index (χ1n) is 15.9. The second kappa shape index (κ2) is 14.6. The number of benzene rings is 4. The van der Waals surface area contributed by atoms with Crippen LogP contribution in [0.2, 0.25) is 0 Å². The smallest absolute Gasteiger partial charge is 0.200 e. The number of nitrogens with two attached hydrogens (primary N) is 1. The molecule has 0 aliphatic heterocycles. The predicted octanol–water partition coefficient (Wildman–Crippen LogP) is 5.32. The molecule has 0 unspecified atom stereocenters. The Labute approximate surface area is 270 Å². The molecular formula is C37H42N6O3. The maximum Gasteiger partial charge on any atom is 0.200 e. The number of aromatic nitrogens is 2. The van der Waals surface area contributed by atoms with Gasteiger partial charge in [0.15, 0.2) is 5.78 Å². The molecule has 1 heterocycles. The molecule has 0 saturated heterocycles. The Bertz CT molecular complexity index is 1790. The van der Waals surface area contributed by atoms with E-state index < -0.39 is 0 Å². The lowest BCUT2D eigenvalue weighted by atomic mass is 9.85. The molecule has 0 radical (unpaired) electrons. The van der Waals surface area contributed by atoms with Gasteiger partial charge in [-0.2, -0.15) is 5.10 Å². The summed E-state index contributed by atoms with van der Waals surface area (Å²) in [6.07, 6.45) is 0.766. The molecule has 4 aromatic carbocycles. The molecular weight excluding hydrogens is 576 g/mol. The average Bonchev–Trinajstić information content (AvgIpc) is 3.45. The molecule has 0 amide bonds. The molecule has 0 atom stereocenters. The first kappa shape index (κ1) is 31.3. The molecule has 238 valence electrons. The van der Waals surface area contributed by atoms with E-state index in [1.165, 1.54) is 0 Å². The summed E-state index contributed by atoms with van der Waals surface area (Å²) in [6, 6.07) is 27.8. The number of nitrogens with zero attached hydrogens (tertiary/aromatic N) is 3. The van der Waals surface area contributed by atoms with Gasteiger partial charge >= 0.3 is 0 Å². The highest BCUT2D eigenvalue weighted by Crippen LogP contribution is 2.49. The van der Waals surface area contributed by atoms with Crippen LogP contribution < -0.4 is 25.8 Å². The summed E-state index contributed by atoms with van der Waals surface area (Å²) in [5, 5.41) is 12.9. The first-order valence-corrected chi connectivity index (χ1v) is 15.9. The van der Waals surface area contributed by atoms with E-state index in [1.54, 1.807) is 0 Å². The third kappa shape index (κ3) is 6.77. The number of likely N-dealkylation sites (N-methyl/N-ethyl adjacent to an activating group) is 1. The molecule has 9 nitrogen and oxygen atoms in total. The van der Waals surface area contributed by atoms with Crippen molar-refractivity contribution in [1.29, 1.82) is 0 Å². The Morgan fingerprint density at radius 2 is 1.43 bits per heavy atom. The number of carbonyl (C=O) groups is 1. The van der Waals surface area contributed by atoms with Gasteiger partial charge in [0, 0.05) is 43.8 Å². The van der Waals surface area contributed by atoms with Crippen LogP contribution >= 0.6 is 0 Å². The predicted molar refractivity (Wildman–Crippen MR) is 184 cm³/mol. The molecule has 46 heavy (non-hydrogen) atoms. The van der Waals surface area contributed by atoms with Gasteiger partial charge in [-0.3, -0.25) is 9.48 Å². The van der Waals surface area contributed by atoms with Crippen LogP contribution in [0.3, 0.4) is 0 Å². The number of ketones is 1. The fraction of sp³-hybridized carbons (Fsp3) is 0.297. The van der Waals surface area contributed by atoms with E-state index in [-0.39, 0.29) is 5.78 Å². The van der Waals surface area contributed by atoms with Crippen LogP contribution in [0.25, 0.3) is 22.2 Å². The second-order valence-electron chi connectivity index (χ2n) is 11.8. The van der Waals surface area contributed by atoms with E-state index in [4.69, 9.17) is 20.3 Å². The number of carbonyl (C=O) groups excluding carboxylic acids is 1. The summed E-state index contributed by atoms with van der Waals surface area (Å²) >= 11 is 0. The maximum atomic E-state index is 14.8. The third-order valence-corrected chi connectivity index (χ3v) is 8.14. The number of ether oxygens (including phenoxy) is 2. The molecule has 1 aliphatic rings. The number of anilines is 1. The number of aryl methyl sites for hydroxylation is 1. The number of rotatable bonds is 16. The van der Waals surface area contributed by atoms with Gasteiger partial charge in [0.1, 0.15) is 30.4 Å². The van der Waals surface area contributed by atoms with Crippen molar-refractivity contribution in [2.75, 3.05) is 52.1 Å². The van der Waals surface area contributed by atoms with Gasteiger partial charge < -0.3 is 30.7 Å². The van der Waals surface area contributed by atoms with Crippen molar-refractivity contribution in [3.8, 4) is 22.8 Å². The van der Waals surface area contributed by atoms with Crippen LogP contribution in [0.5, 0.6) is 11.5 Å². The normalized spacial score (nSPS) is 12.0. The summed E-state index contributed by atoms with van der Waals surface area (Å²) in [4.78, 5) is 16.9. The minimum atomic E-state index is -0.109. The number of fused-ring (bicyclic) bond motifs is 2. The highest BCUT2D eigenvalue weighted by atomic mass is 16.5. The van der Waals surface area contributed by atoms with Crippen molar-refractivity contribution in [2.45, 2.75) is 26.2 Å². The van der Waals surface area contributed by atoms with Gasteiger partial charge in [-0.25, -0.2) is 0 Å². The molecule has 9 heteroatoms. The zero-order valence-electron chi connectivity index (χ0n) is 26.6. The van der Waals surface area contributed by atoms with Crippen LogP contribution in [0.15, 0.2) is 84.9 Å². The van der Waals surface area contributed by atoms with Crippen LogP contribution in [-0.2, 0) is 19.8 Å². The van der Waals surface area contributed by atoms with Crippen molar-refractivity contribution in [3.05, 3.63) is 107 Å². The Hall–Kier alpha value is -4.70. The van der Waals surface area contributed by atoms with Crippen molar-refractivity contribution in [2.24, 2.45) is 5.73 Å². The Morgan fingerprint density at radius 1 is 0.783 bits per heavy atom. The van der Waals surface area contributed by atoms with E-state index in [2.05, 4.69) is 29.6 Å². The molecule has 0 spiro atoms. The SMILES string of the molecule is CN(C)CCNCCNc1ccc2c3c(nn2CCCN)-c2c(OCc4ccccc4)ccc(OCc4ccccc4)c2C(=O)c13. The molecule has 0 fully saturated rings. The summed E-state index contributed by atoms with van der Waals surface area (Å²) in [7, 11) is 4.12. The highest BCUT2D eigenvalue weighted by Gasteiger charge is 2.36. The highest BCUT2D eigenvalue weighted by molar-refractivity contribution is 6.29. The molecule has 0 bridgehead atoms. The van der Waals surface area contributed by atoms with Crippen molar-refractivity contribution in [1.82, 2.24) is 20.0 Å². The van der Waals surface area contributed by atoms with Gasteiger partial charge in [0.05, 0.1) is 22.2 Å². The Morgan fingerprint density at radius 3 is 2.07 bits per heavy atom. The molecule has 1 aromatic heterocycles. The quantitative estimate of drug-likeness (QED) is 0.125. The monoisotopic (exact) mass is 618 g/mol. The Kier molecular flexibility index (Phi) is 9.93.